The van der Waals surface area contributed by atoms with E-state index in [0.29, 0.717) is 6.61 Å². The zero-order chi connectivity index (χ0) is 8.16. The van der Waals surface area contributed by atoms with Gasteiger partial charge in [-0.3, -0.25) is 0 Å². The first-order valence-corrected chi connectivity index (χ1v) is 3.88. The maximum Gasteiger partial charge on any atom is 0.0667 e. The molecule has 0 unspecified atom stereocenters. The summed E-state index contributed by atoms with van der Waals surface area (Å²) in [6, 6.07) is 0. The van der Waals surface area contributed by atoms with Crippen LogP contribution in [-0.2, 0) is 4.74 Å². The summed E-state index contributed by atoms with van der Waals surface area (Å²) in [7, 11) is 1.67. The monoisotopic (exact) mass is 160 g/mol. The Kier molecular flexibility index (Phi) is 3.26. The van der Waals surface area contributed by atoms with E-state index in [1.54, 1.807) is 7.11 Å². The van der Waals surface area contributed by atoms with Gasteiger partial charge in [0.25, 0.3) is 0 Å². The molecule has 0 bridgehead atoms. The summed E-state index contributed by atoms with van der Waals surface area (Å²) in [6.45, 7) is 3.41. The molecule has 0 radical (unpaired) electrons. The van der Waals surface area contributed by atoms with E-state index in [2.05, 4.69) is 10.6 Å². The molecule has 1 saturated heterocycles. The summed E-state index contributed by atoms with van der Waals surface area (Å²) < 4.78 is 4.89. The Labute approximate surface area is 66.9 Å². The summed E-state index contributed by atoms with van der Waals surface area (Å²) in [5, 5.41) is 15.4. The molecular formula is C7H16N2O2. The van der Waals surface area contributed by atoms with E-state index in [9.17, 15) is 0 Å². The average Bonchev–Trinajstić information content (AvgIpc) is 1.95. The van der Waals surface area contributed by atoms with Crippen molar-refractivity contribution in [3.8, 4) is 0 Å². The number of aliphatic hydroxyl groups is 1. The van der Waals surface area contributed by atoms with E-state index in [-0.39, 0.29) is 12.1 Å². The van der Waals surface area contributed by atoms with E-state index in [1.165, 1.54) is 0 Å². The second-order valence-corrected chi connectivity index (χ2v) is 2.96. The van der Waals surface area contributed by atoms with Gasteiger partial charge in [-0.2, -0.15) is 0 Å². The third-order valence-electron chi connectivity index (χ3n) is 2.04. The Bertz CT molecular complexity index is 109. The van der Waals surface area contributed by atoms with Crippen molar-refractivity contribution >= 4 is 0 Å². The standard InChI is InChI=1S/C7H16N2O2/c1-11-3-2-9-7(6-10)4-8-5-7/h8-10H,2-6H2,1H3. The van der Waals surface area contributed by atoms with E-state index in [1.807, 2.05) is 0 Å². The van der Waals surface area contributed by atoms with E-state index < -0.39 is 0 Å². The van der Waals surface area contributed by atoms with Crippen LogP contribution in [0.3, 0.4) is 0 Å². The maximum absolute atomic E-state index is 8.99. The molecule has 3 N–H and O–H groups in total. The Morgan fingerprint density at radius 3 is 2.73 bits per heavy atom. The first-order chi connectivity index (χ1) is 5.33. The lowest BCUT2D eigenvalue weighted by molar-refractivity contribution is 0.0971. The van der Waals surface area contributed by atoms with Gasteiger partial charge in [0.2, 0.25) is 0 Å². The molecule has 1 fully saturated rings. The Morgan fingerprint density at radius 2 is 2.36 bits per heavy atom. The van der Waals surface area contributed by atoms with Crippen LogP contribution < -0.4 is 10.6 Å². The minimum atomic E-state index is -0.0709. The molecule has 11 heavy (non-hydrogen) atoms. The van der Waals surface area contributed by atoms with Gasteiger partial charge in [0, 0.05) is 26.7 Å². The topological polar surface area (TPSA) is 53.5 Å². The Hall–Kier alpha value is -0.160. The molecule has 66 valence electrons. The summed E-state index contributed by atoms with van der Waals surface area (Å²) in [5.74, 6) is 0. The van der Waals surface area contributed by atoms with Crippen LogP contribution in [0.5, 0.6) is 0 Å². The molecule has 4 heteroatoms. The second-order valence-electron chi connectivity index (χ2n) is 2.96. The van der Waals surface area contributed by atoms with Crippen molar-refractivity contribution < 1.29 is 9.84 Å². The van der Waals surface area contributed by atoms with Crippen LogP contribution >= 0.6 is 0 Å². The van der Waals surface area contributed by atoms with Gasteiger partial charge in [0.15, 0.2) is 0 Å². The largest absolute Gasteiger partial charge is 0.394 e. The number of rotatable bonds is 5. The fraction of sp³-hybridized carbons (Fsp3) is 1.00. The van der Waals surface area contributed by atoms with Crippen molar-refractivity contribution in [2.75, 3.05) is 40.0 Å². The molecule has 0 amide bonds. The quantitative estimate of drug-likeness (QED) is 0.431. The third-order valence-corrected chi connectivity index (χ3v) is 2.04. The van der Waals surface area contributed by atoms with Gasteiger partial charge in [-0.25, -0.2) is 0 Å². The minimum Gasteiger partial charge on any atom is -0.394 e. The van der Waals surface area contributed by atoms with Gasteiger partial charge in [-0.05, 0) is 0 Å². The van der Waals surface area contributed by atoms with Crippen molar-refractivity contribution in [3.63, 3.8) is 0 Å². The molecule has 0 spiro atoms. The molecule has 1 heterocycles. The predicted molar refractivity (Wildman–Crippen MR) is 42.6 cm³/mol. The fourth-order valence-electron chi connectivity index (χ4n) is 1.14. The highest BCUT2D eigenvalue weighted by Crippen LogP contribution is 2.08. The number of nitrogens with one attached hydrogen (secondary N) is 2. The van der Waals surface area contributed by atoms with Crippen molar-refractivity contribution in [2.45, 2.75) is 5.54 Å². The summed E-state index contributed by atoms with van der Waals surface area (Å²) in [6.07, 6.45) is 0. The Balaban J connectivity index is 2.11. The molecule has 0 aromatic rings. The molecular weight excluding hydrogens is 144 g/mol. The molecule has 1 aliphatic heterocycles. The number of hydrogen-bond donors (Lipinski definition) is 3. The van der Waals surface area contributed by atoms with Crippen LogP contribution in [0.4, 0.5) is 0 Å². The summed E-state index contributed by atoms with van der Waals surface area (Å²) in [5.41, 5.74) is -0.0709. The van der Waals surface area contributed by atoms with Crippen LogP contribution in [0.15, 0.2) is 0 Å². The third kappa shape index (κ3) is 2.13. The van der Waals surface area contributed by atoms with Crippen molar-refractivity contribution in [3.05, 3.63) is 0 Å². The lowest BCUT2D eigenvalue weighted by Gasteiger charge is -2.42. The second kappa shape index (κ2) is 4.01. The SMILES string of the molecule is COCCNC1(CO)CNC1. The normalized spacial score (nSPS) is 21.3. The summed E-state index contributed by atoms with van der Waals surface area (Å²) >= 11 is 0. The van der Waals surface area contributed by atoms with Crippen molar-refractivity contribution in [1.82, 2.24) is 10.6 Å². The van der Waals surface area contributed by atoms with E-state index >= 15 is 0 Å². The van der Waals surface area contributed by atoms with Gasteiger partial charge in [-0.1, -0.05) is 0 Å². The van der Waals surface area contributed by atoms with Crippen molar-refractivity contribution in [2.24, 2.45) is 0 Å². The van der Waals surface area contributed by atoms with Gasteiger partial charge in [0.05, 0.1) is 18.8 Å². The molecule has 1 rings (SSSR count). The molecule has 0 saturated carbocycles. The molecule has 1 aliphatic rings. The lowest BCUT2D eigenvalue weighted by Crippen LogP contribution is -2.70. The van der Waals surface area contributed by atoms with Crippen LogP contribution in [0.2, 0.25) is 0 Å². The smallest absolute Gasteiger partial charge is 0.0667 e. The Morgan fingerprint density at radius 1 is 1.64 bits per heavy atom. The molecule has 0 aliphatic carbocycles. The van der Waals surface area contributed by atoms with E-state index in [0.717, 1.165) is 19.6 Å². The highest BCUT2D eigenvalue weighted by molar-refractivity contribution is 4.99. The maximum atomic E-state index is 8.99. The zero-order valence-electron chi connectivity index (χ0n) is 6.89. The predicted octanol–water partition coefficient (Wildman–Crippen LogP) is -1.44. The van der Waals surface area contributed by atoms with Crippen LogP contribution in [-0.4, -0.2) is 50.6 Å². The summed E-state index contributed by atoms with van der Waals surface area (Å²) in [4.78, 5) is 0. The van der Waals surface area contributed by atoms with Crippen LogP contribution in [0.25, 0.3) is 0 Å². The lowest BCUT2D eigenvalue weighted by atomic mass is 9.94. The molecule has 4 nitrogen and oxygen atoms in total. The van der Waals surface area contributed by atoms with Gasteiger partial charge >= 0.3 is 0 Å². The highest BCUT2D eigenvalue weighted by Gasteiger charge is 2.35. The number of methoxy groups -OCH3 is 1. The number of aliphatic hydroxyl groups excluding tert-OH is 1. The number of hydrogen-bond acceptors (Lipinski definition) is 4. The molecule has 0 aromatic carbocycles. The van der Waals surface area contributed by atoms with E-state index in [4.69, 9.17) is 9.84 Å². The first-order valence-electron chi connectivity index (χ1n) is 3.88. The fourth-order valence-corrected chi connectivity index (χ4v) is 1.14. The van der Waals surface area contributed by atoms with Gasteiger partial charge < -0.3 is 20.5 Å². The minimum absolute atomic E-state index is 0.0709. The average molecular weight is 160 g/mol. The molecule has 0 atom stereocenters. The number of ether oxygens (including phenoxy) is 1. The van der Waals surface area contributed by atoms with Gasteiger partial charge in [-0.15, -0.1) is 0 Å². The van der Waals surface area contributed by atoms with Crippen LogP contribution in [0.1, 0.15) is 0 Å². The van der Waals surface area contributed by atoms with Gasteiger partial charge in [0.1, 0.15) is 0 Å². The highest BCUT2D eigenvalue weighted by atomic mass is 16.5. The zero-order valence-corrected chi connectivity index (χ0v) is 6.89. The molecule has 0 aromatic heterocycles. The van der Waals surface area contributed by atoms with Crippen LogP contribution in [0, 0.1) is 0 Å². The first kappa shape index (κ1) is 8.93. The van der Waals surface area contributed by atoms with Crippen molar-refractivity contribution in [1.29, 1.82) is 0 Å².